The second kappa shape index (κ2) is 5.49. The summed E-state index contributed by atoms with van der Waals surface area (Å²) < 4.78 is 0. The molecule has 0 unspecified atom stereocenters. The monoisotopic (exact) mass is 287 g/mol. The van der Waals surface area contributed by atoms with E-state index >= 15 is 0 Å². The Morgan fingerprint density at radius 1 is 1.33 bits per heavy atom. The lowest BCUT2D eigenvalue weighted by Gasteiger charge is -2.09. The van der Waals surface area contributed by atoms with E-state index in [9.17, 15) is 20.0 Å². The van der Waals surface area contributed by atoms with Crippen molar-refractivity contribution in [3.8, 4) is 5.75 Å². The van der Waals surface area contributed by atoms with Gasteiger partial charge < -0.3 is 16.2 Å². The molecule has 108 valence electrons. The molecule has 7 nitrogen and oxygen atoms in total. The zero-order valence-electron chi connectivity index (χ0n) is 11.2. The number of nitrogens with zero attached hydrogens (tertiary/aromatic N) is 1. The van der Waals surface area contributed by atoms with Crippen LogP contribution in [0.3, 0.4) is 0 Å². The van der Waals surface area contributed by atoms with Crippen LogP contribution >= 0.6 is 0 Å². The number of nitro groups is 1. The van der Waals surface area contributed by atoms with Crippen molar-refractivity contribution in [1.82, 2.24) is 0 Å². The average Bonchev–Trinajstić information content (AvgIpc) is 2.43. The molecule has 4 N–H and O–H groups in total. The molecule has 21 heavy (non-hydrogen) atoms. The van der Waals surface area contributed by atoms with E-state index in [0.717, 1.165) is 5.56 Å². The molecular formula is C14H13N3O4. The Kier molecular flexibility index (Phi) is 3.75. The number of nitrogen functional groups attached to an aromatic ring is 1. The molecule has 1 amide bonds. The van der Waals surface area contributed by atoms with E-state index in [1.807, 2.05) is 0 Å². The van der Waals surface area contributed by atoms with Crippen molar-refractivity contribution in [3.05, 3.63) is 57.6 Å². The number of aryl methyl sites for hydroxylation is 1. The van der Waals surface area contributed by atoms with E-state index in [-0.39, 0.29) is 17.1 Å². The molecule has 0 heterocycles. The maximum absolute atomic E-state index is 12.1. The van der Waals surface area contributed by atoms with Crippen molar-refractivity contribution in [1.29, 1.82) is 0 Å². The fraction of sp³-hybridized carbons (Fsp3) is 0.0714. The Balaban J connectivity index is 2.36. The van der Waals surface area contributed by atoms with Crippen LogP contribution in [-0.2, 0) is 0 Å². The van der Waals surface area contributed by atoms with Gasteiger partial charge in [-0.25, -0.2) is 0 Å². The summed E-state index contributed by atoms with van der Waals surface area (Å²) in [5.74, 6) is -0.938. The average molecular weight is 287 g/mol. The van der Waals surface area contributed by atoms with E-state index in [0.29, 0.717) is 11.3 Å². The molecule has 7 heteroatoms. The summed E-state index contributed by atoms with van der Waals surface area (Å²) in [6, 6.07) is 8.43. The lowest BCUT2D eigenvalue weighted by atomic mass is 10.1. The Morgan fingerprint density at radius 2 is 2.05 bits per heavy atom. The number of rotatable bonds is 3. The van der Waals surface area contributed by atoms with E-state index in [1.165, 1.54) is 24.3 Å². The number of nitro benzene ring substituents is 1. The van der Waals surface area contributed by atoms with Gasteiger partial charge in [0.25, 0.3) is 11.6 Å². The normalized spacial score (nSPS) is 10.1. The number of benzene rings is 2. The molecule has 2 rings (SSSR count). The highest BCUT2D eigenvalue weighted by molar-refractivity contribution is 6.06. The van der Waals surface area contributed by atoms with Crippen molar-refractivity contribution in [3.63, 3.8) is 0 Å². The van der Waals surface area contributed by atoms with Crippen molar-refractivity contribution >= 4 is 23.0 Å². The van der Waals surface area contributed by atoms with Gasteiger partial charge >= 0.3 is 0 Å². The molecule has 0 aromatic heterocycles. The highest BCUT2D eigenvalue weighted by atomic mass is 16.6. The van der Waals surface area contributed by atoms with Gasteiger partial charge in [-0.05, 0) is 36.8 Å². The SMILES string of the molecule is Cc1cc(C(=O)Nc2c(O)cccc2[N+](=O)[O-])ccc1N. The van der Waals surface area contributed by atoms with Crippen LogP contribution in [0.2, 0.25) is 0 Å². The number of anilines is 2. The molecular weight excluding hydrogens is 274 g/mol. The van der Waals surface area contributed by atoms with E-state index in [2.05, 4.69) is 5.32 Å². The predicted octanol–water partition coefficient (Wildman–Crippen LogP) is 2.44. The van der Waals surface area contributed by atoms with Crippen LogP contribution in [-0.4, -0.2) is 15.9 Å². The van der Waals surface area contributed by atoms with Crippen LogP contribution in [0.25, 0.3) is 0 Å². The first-order chi connectivity index (χ1) is 9.90. The second-order valence-corrected chi connectivity index (χ2v) is 4.45. The molecule has 0 spiro atoms. The summed E-state index contributed by atoms with van der Waals surface area (Å²) >= 11 is 0. The van der Waals surface area contributed by atoms with Crippen LogP contribution in [0.5, 0.6) is 5.75 Å². The summed E-state index contributed by atoms with van der Waals surface area (Å²) in [5.41, 5.74) is 6.60. The van der Waals surface area contributed by atoms with Crippen LogP contribution in [0.1, 0.15) is 15.9 Å². The molecule has 0 fully saturated rings. The molecule has 2 aromatic rings. The fourth-order valence-corrected chi connectivity index (χ4v) is 1.81. The molecule has 2 aromatic carbocycles. The van der Waals surface area contributed by atoms with Gasteiger partial charge in [-0.2, -0.15) is 0 Å². The van der Waals surface area contributed by atoms with Crippen LogP contribution in [0.15, 0.2) is 36.4 Å². The van der Waals surface area contributed by atoms with Gasteiger partial charge in [-0.15, -0.1) is 0 Å². The third-order valence-corrected chi connectivity index (χ3v) is 2.99. The Labute approximate surface area is 120 Å². The van der Waals surface area contributed by atoms with Gasteiger partial charge in [0.2, 0.25) is 0 Å². The summed E-state index contributed by atoms with van der Waals surface area (Å²) in [5, 5.41) is 23.0. The molecule has 0 saturated heterocycles. The number of para-hydroxylation sites is 1. The minimum atomic E-state index is -0.677. The number of aromatic hydroxyl groups is 1. The molecule has 0 aliphatic carbocycles. The fourth-order valence-electron chi connectivity index (χ4n) is 1.81. The van der Waals surface area contributed by atoms with Gasteiger partial charge in [0.1, 0.15) is 5.75 Å². The van der Waals surface area contributed by atoms with Crippen molar-refractivity contribution in [2.45, 2.75) is 6.92 Å². The minimum Gasteiger partial charge on any atom is -0.505 e. The highest BCUT2D eigenvalue weighted by Gasteiger charge is 2.20. The zero-order valence-corrected chi connectivity index (χ0v) is 11.2. The minimum absolute atomic E-state index is 0.234. The molecule has 0 atom stereocenters. The highest BCUT2D eigenvalue weighted by Crippen LogP contribution is 2.33. The second-order valence-electron chi connectivity index (χ2n) is 4.45. The number of amides is 1. The van der Waals surface area contributed by atoms with Crippen molar-refractivity contribution < 1.29 is 14.8 Å². The first kappa shape index (κ1) is 14.3. The standard InChI is InChI=1S/C14H13N3O4/c1-8-7-9(5-6-10(8)15)14(19)16-13-11(17(20)21)3-2-4-12(13)18/h2-7,18H,15H2,1H3,(H,16,19). The first-order valence-electron chi connectivity index (χ1n) is 6.04. The lowest BCUT2D eigenvalue weighted by Crippen LogP contribution is -2.13. The molecule has 0 aliphatic rings. The maximum atomic E-state index is 12.1. The van der Waals surface area contributed by atoms with Gasteiger partial charge in [-0.1, -0.05) is 6.07 Å². The molecule has 0 aliphatic heterocycles. The summed E-state index contributed by atoms with van der Waals surface area (Å²) in [4.78, 5) is 22.4. The van der Waals surface area contributed by atoms with Crippen LogP contribution in [0, 0.1) is 17.0 Å². The Morgan fingerprint density at radius 3 is 2.67 bits per heavy atom. The summed E-state index contributed by atoms with van der Waals surface area (Å²) in [7, 11) is 0. The Bertz CT molecular complexity index is 728. The molecule has 0 radical (unpaired) electrons. The lowest BCUT2D eigenvalue weighted by molar-refractivity contribution is -0.384. The first-order valence-corrected chi connectivity index (χ1v) is 6.04. The number of hydrogen-bond donors (Lipinski definition) is 3. The van der Waals surface area contributed by atoms with E-state index < -0.39 is 10.8 Å². The zero-order chi connectivity index (χ0) is 15.6. The predicted molar refractivity (Wildman–Crippen MR) is 78.3 cm³/mol. The van der Waals surface area contributed by atoms with Gasteiger partial charge in [0.15, 0.2) is 5.69 Å². The number of carbonyl (C=O) groups is 1. The number of carbonyl (C=O) groups excluding carboxylic acids is 1. The van der Waals surface area contributed by atoms with Crippen molar-refractivity contribution in [2.24, 2.45) is 0 Å². The van der Waals surface area contributed by atoms with Crippen LogP contribution in [0.4, 0.5) is 17.1 Å². The number of phenolic OH excluding ortho intramolecular Hbond substituents is 1. The van der Waals surface area contributed by atoms with E-state index in [1.54, 1.807) is 19.1 Å². The largest absolute Gasteiger partial charge is 0.505 e. The maximum Gasteiger partial charge on any atom is 0.296 e. The number of hydrogen-bond acceptors (Lipinski definition) is 5. The molecule has 0 bridgehead atoms. The Hall–Kier alpha value is -3.09. The van der Waals surface area contributed by atoms with Gasteiger partial charge in [-0.3, -0.25) is 14.9 Å². The number of nitrogens with two attached hydrogens (primary N) is 1. The smallest absolute Gasteiger partial charge is 0.296 e. The van der Waals surface area contributed by atoms with E-state index in [4.69, 9.17) is 5.73 Å². The van der Waals surface area contributed by atoms with Gasteiger partial charge in [0.05, 0.1) is 4.92 Å². The van der Waals surface area contributed by atoms with Crippen molar-refractivity contribution in [2.75, 3.05) is 11.1 Å². The third-order valence-electron chi connectivity index (χ3n) is 2.99. The van der Waals surface area contributed by atoms with Gasteiger partial charge in [0, 0.05) is 17.3 Å². The third kappa shape index (κ3) is 2.92. The number of phenols is 1. The quantitative estimate of drug-likeness (QED) is 0.347. The summed E-state index contributed by atoms with van der Waals surface area (Å²) in [6.07, 6.45) is 0. The molecule has 0 saturated carbocycles. The summed E-state index contributed by atoms with van der Waals surface area (Å²) in [6.45, 7) is 1.74. The van der Waals surface area contributed by atoms with Crippen LogP contribution < -0.4 is 11.1 Å². The topological polar surface area (TPSA) is 118 Å². The number of nitrogens with one attached hydrogen (secondary N) is 1.